The standard InChI is InChI=1S/C23H25FN6O3/c1-14-9-28(10-15(2)33-14)11-17-6-18-21(25-8-17)29(23(31)30-22(18)26-13-27-30)12-16-4-5-20(32-3)19(24)7-16/h4-8,13-15H,9-12H2,1-3H3/p+1/t14-,15+. The summed E-state index contributed by atoms with van der Waals surface area (Å²) >= 11 is 0. The number of halogens is 1. The summed E-state index contributed by atoms with van der Waals surface area (Å²) in [6, 6.07) is 6.68. The van der Waals surface area contributed by atoms with Crippen LogP contribution in [0.5, 0.6) is 5.75 Å². The highest BCUT2D eigenvalue weighted by molar-refractivity contribution is 5.87. The number of H-pyrrole nitrogens is 1. The molecule has 1 aliphatic rings. The number of hydrogen-bond donors (Lipinski definition) is 0. The van der Waals surface area contributed by atoms with Gasteiger partial charge in [-0.05, 0) is 47.7 Å². The Labute approximate surface area is 189 Å². The number of nitrogens with zero attached hydrogens (tertiary/aromatic N) is 5. The molecule has 1 N–H and O–H groups in total. The van der Waals surface area contributed by atoms with Gasteiger partial charge in [0.2, 0.25) is 0 Å². The van der Waals surface area contributed by atoms with E-state index in [0.717, 1.165) is 30.6 Å². The first-order chi connectivity index (χ1) is 15.9. The van der Waals surface area contributed by atoms with Crippen LogP contribution in [0, 0.1) is 5.82 Å². The van der Waals surface area contributed by atoms with Crippen molar-refractivity contribution in [3.63, 3.8) is 0 Å². The first-order valence-corrected chi connectivity index (χ1v) is 10.9. The van der Waals surface area contributed by atoms with E-state index in [1.54, 1.807) is 18.3 Å². The Morgan fingerprint density at radius 1 is 1.18 bits per heavy atom. The average molecular weight is 453 g/mol. The molecule has 4 aromatic rings. The van der Waals surface area contributed by atoms with Crippen molar-refractivity contribution in [2.24, 2.45) is 0 Å². The van der Waals surface area contributed by atoms with Gasteiger partial charge < -0.3 is 9.47 Å². The van der Waals surface area contributed by atoms with Gasteiger partial charge >= 0.3 is 5.69 Å². The molecule has 0 unspecified atom stereocenters. The average Bonchev–Trinajstić information content (AvgIpc) is 3.27. The van der Waals surface area contributed by atoms with E-state index < -0.39 is 5.82 Å². The lowest BCUT2D eigenvalue weighted by Gasteiger charge is -2.35. The Kier molecular flexibility index (Phi) is 5.55. The van der Waals surface area contributed by atoms with E-state index in [1.165, 1.54) is 28.6 Å². The van der Waals surface area contributed by atoms with Gasteiger partial charge in [-0.1, -0.05) is 6.07 Å². The van der Waals surface area contributed by atoms with Crippen molar-refractivity contribution in [3.05, 3.63) is 64.2 Å². The van der Waals surface area contributed by atoms with E-state index in [1.807, 2.05) is 6.07 Å². The van der Waals surface area contributed by atoms with Crippen molar-refractivity contribution in [1.29, 1.82) is 0 Å². The van der Waals surface area contributed by atoms with Gasteiger partial charge in [-0.25, -0.2) is 19.2 Å². The van der Waals surface area contributed by atoms with Crippen LogP contribution in [-0.4, -0.2) is 56.5 Å². The molecule has 0 radical (unpaired) electrons. The summed E-state index contributed by atoms with van der Waals surface area (Å²) in [7, 11) is 1.41. The van der Waals surface area contributed by atoms with Crippen molar-refractivity contribution < 1.29 is 18.8 Å². The summed E-state index contributed by atoms with van der Waals surface area (Å²) in [5.41, 5.74) is 2.37. The summed E-state index contributed by atoms with van der Waals surface area (Å²) in [6.45, 7) is 6.72. The maximum absolute atomic E-state index is 14.2. The fourth-order valence-corrected chi connectivity index (χ4v) is 4.59. The van der Waals surface area contributed by atoms with E-state index in [-0.39, 0.29) is 30.2 Å². The zero-order valence-electron chi connectivity index (χ0n) is 18.8. The maximum atomic E-state index is 14.2. The molecule has 10 heteroatoms. The number of benzene rings is 1. The largest absolute Gasteiger partial charge is 0.494 e. The van der Waals surface area contributed by atoms with Crippen LogP contribution in [0.1, 0.15) is 25.0 Å². The molecule has 0 spiro atoms. The maximum Gasteiger partial charge on any atom is 0.425 e. The Morgan fingerprint density at radius 2 is 1.97 bits per heavy atom. The summed E-state index contributed by atoms with van der Waals surface area (Å²) in [5.74, 6) is -0.326. The molecule has 3 aromatic heterocycles. The number of fused-ring (bicyclic) bond motifs is 3. The molecule has 9 nitrogen and oxygen atoms in total. The molecule has 1 fully saturated rings. The molecule has 0 saturated carbocycles. The normalized spacial score (nSPS) is 19.4. The Balaban J connectivity index is 1.56. The van der Waals surface area contributed by atoms with E-state index in [4.69, 9.17) is 9.47 Å². The van der Waals surface area contributed by atoms with Crippen LogP contribution in [0.15, 0.2) is 41.6 Å². The Morgan fingerprint density at radius 3 is 2.70 bits per heavy atom. The van der Waals surface area contributed by atoms with Gasteiger partial charge in [-0.3, -0.25) is 9.47 Å². The van der Waals surface area contributed by atoms with Gasteiger partial charge in [-0.15, -0.1) is 0 Å². The highest BCUT2D eigenvalue weighted by atomic mass is 19.1. The molecule has 0 bridgehead atoms. The van der Waals surface area contributed by atoms with Crippen molar-refractivity contribution in [3.8, 4) is 5.75 Å². The number of nitrogens with one attached hydrogen (secondary N) is 1. The molecule has 1 aromatic carbocycles. The third-order valence-electron chi connectivity index (χ3n) is 5.89. The van der Waals surface area contributed by atoms with Crippen LogP contribution in [-0.2, 0) is 17.8 Å². The van der Waals surface area contributed by atoms with Gasteiger partial charge in [0.1, 0.15) is 0 Å². The van der Waals surface area contributed by atoms with Crippen LogP contribution < -0.4 is 15.4 Å². The smallest absolute Gasteiger partial charge is 0.425 e. The second-order valence-corrected chi connectivity index (χ2v) is 8.55. The second kappa shape index (κ2) is 8.53. The first kappa shape index (κ1) is 21.5. The lowest BCUT2D eigenvalue weighted by Crippen LogP contribution is -2.44. The molecule has 5 rings (SSSR count). The summed E-state index contributed by atoms with van der Waals surface area (Å²) < 4.78 is 27.9. The van der Waals surface area contributed by atoms with Gasteiger partial charge in [-0.2, -0.15) is 0 Å². The van der Waals surface area contributed by atoms with E-state index >= 15 is 0 Å². The SMILES string of the molecule is COc1ccc(Cn2c(=O)n3nc[nH+]c3c3cc(CN4C[C@@H](C)O[C@@H](C)C4)cnc32)cc1F. The van der Waals surface area contributed by atoms with Crippen molar-refractivity contribution in [2.75, 3.05) is 20.2 Å². The molecule has 172 valence electrons. The number of morpholine rings is 1. The van der Waals surface area contributed by atoms with Crippen LogP contribution in [0.25, 0.3) is 16.7 Å². The van der Waals surface area contributed by atoms with Gasteiger partial charge in [0.25, 0.3) is 12.0 Å². The Hall–Kier alpha value is -3.37. The summed E-state index contributed by atoms with van der Waals surface area (Å²) in [4.78, 5) is 23.2. The van der Waals surface area contributed by atoms with E-state index in [9.17, 15) is 9.18 Å². The highest BCUT2D eigenvalue weighted by Gasteiger charge is 2.24. The lowest BCUT2D eigenvalue weighted by atomic mass is 10.1. The van der Waals surface area contributed by atoms with Crippen LogP contribution >= 0.6 is 0 Å². The molecule has 0 amide bonds. The lowest BCUT2D eigenvalue weighted by molar-refractivity contribution is -0.345. The molecule has 1 saturated heterocycles. The van der Waals surface area contributed by atoms with Crippen LogP contribution in [0.4, 0.5) is 4.39 Å². The molecular weight excluding hydrogens is 427 g/mol. The fourth-order valence-electron chi connectivity index (χ4n) is 4.59. The quantitative estimate of drug-likeness (QED) is 0.457. The molecule has 33 heavy (non-hydrogen) atoms. The monoisotopic (exact) mass is 453 g/mol. The second-order valence-electron chi connectivity index (χ2n) is 8.55. The van der Waals surface area contributed by atoms with E-state index in [2.05, 4.69) is 33.8 Å². The first-order valence-electron chi connectivity index (χ1n) is 10.9. The summed E-state index contributed by atoms with van der Waals surface area (Å²) in [5, 5.41) is 4.93. The number of rotatable bonds is 5. The van der Waals surface area contributed by atoms with Crippen LogP contribution in [0.2, 0.25) is 0 Å². The molecular formula is C23H26FN6O3+. The van der Waals surface area contributed by atoms with Crippen molar-refractivity contribution in [2.45, 2.75) is 39.1 Å². The van der Waals surface area contributed by atoms with Gasteiger partial charge in [0.15, 0.2) is 17.2 Å². The predicted octanol–water partition coefficient (Wildman–Crippen LogP) is 1.66. The third-order valence-corrected chi connectivity index (χ3v) is 5.89. The minimum Gasteiger partial charge on any atom is -0.494 e. The zero-order chi connectivity index (χ0) is 23.1. The highest BCUT2D eigenvalue weighted by Crippen LogP contribution is 2.21. The van der Waals surface area contributed by atoms with E-state index in [0.29, 0.717) is 16.9 Å². The third kappa shape index (κ3) is 4.07. The van der Waals surface area contributed by atoms with Gasteiger partial charge in [0, 0.05) is 30.9 Å². The molecule has 4 heterocycles. The number of methoxy groups -OCH3 is 1. The molecule has 0 aliphatic carbocycles. The van der Waals surface area contributed by atoms with Crippen LogP contribution in [0.3, 0.4) is 0 Å². The molecule has 1 aliphatic heterocycles. The minimum absolute atomic E-state index is 0.150. The number of hydrogen-bond acceptors (Lipinski definition) is 6. The predicted molar refractivity (Wildman–Crippen MR) is 119 cm³/mol. The molecule has 2 atom stereocenters. The topological polar surface area (TPSA) is 88.0 Å². The number of pyridine rings is 1. The summed E-state index contributed by atoms with van der Waals surface area (Å²) in [6.07, 6.45) is 3.62. The zero-order valence-corrected chi connectivity index (χ0v) is 18.8. The van der Waals surface area contributed by atoms with Crippen molar-refractivity contribution >= 4 is 16.7 Å². The minimum atomic E-state index is -0.481. The number of aromatic nitrogens is 5. The van der Waals surface area contributed by atoms with Crippen molar-refractivity contribution in [1.82, 2.24) is 24.1 Å². The number of ether oxygens (including phenoxy) is 2. The Bertz CT molecular complexity index is 1370. The number of aromatic amines is 1. The fraction of sp³-hybridized carbons (Fsp3) is 0.391. The van der Waals surface area contributed by atoms with Gasteiger partial charge in [0.05, 0.1) is 31.2 Å².